The highest BCUT2D eigenvalue weighted by molar-refractivity contribution is 6.25. The maximum Gasteiger partial charge on any atom is 0.323 e. The molecule has 0 unspecified atom stereocenters. The van der Waals surface area contributed by atoms with E-state index in [9.17, 15) is 44.5 Å². The van der Waals surface area contributed by atoms with Crippen LogP contribution in [0.4, 0.5) is 27.5 Å². The quantitative estimate of drug-likeness (QED) is 0.128. The second-order valence-corrected chi connectivity index (χ2v) is 11.9. The number of carbonyl (C=O) groups is 4. The van der Waals surface area contributed by atoms with E-state index < -0.39 is 69.8 Å². The summed E-state index contributed by atoms with van der Waals surface area (Å²) in [6, 6.07) is 4.71. The first-order valence-electron chi connectivity index (χ1n) is 14.1. The summed E-state index contributed by atoms with van der Waals surface area (Å²) in [7, 11) is 6.46. The Morgan fingerprint density at radius 3 is 2.22 bits per heavy atom. The van der Waals surface area contributed by atoms with Crippen LogP contribution in [0.1, 0.15) is 22.3 Å². The van der Waals surface area contributed by atoms with Crippen LogP contribution in [0.2, 0.25) is 0 Å². The van der Waals surface area contributed by atoms with E-state index in [4.69, 9.17) is 10.9 Å². The number of hydrogen-bond acceptors (Lipinski definition) is 11. The van der Waals surface area contributed by atoms with Gasteiger partial charge in [0.25, 0.3) is 10.8 Å². The first-order valence-corrected chi connectivity index (χ1v) is 14.1. The number of nitrogens with one attached hydrogen (secondary N) is 2. The van der Waals surface area contributed by atoms with Crippen LogP contribution >= 0.6 is 0 Å². The number of likely N-dealkylation sites (N-methyl/N-ethyl adjacent to an activating group) is 1. The fourth-order valence-corrected chi connectivity index (χ4v) is 6.75. The molecular formula is C30H33N6O10+. The summed E-state index contributed by atoms with van der Waals surface area (Å²) in [6.07, 6.45) is -0.00298. The highest BCUT2D eigenvalue weighted by Crippen LogP contribution is 2.54. The van der Waals surface area contributed by atoms with E-state index >= 15 is 0 Å². The van der Waals surface area contributed by atoms with Crippen LogP contribution in [0.3, 0.4) is 0 Å². The summed E-state index contributed by atoms with van der Waals surface area (Å²) in [4.78, 5) is 66.5. The van der Waals surface area contributed by atoms with Crippen molar-refractivity contribution in [2.75, 3.05) is 43.7 Å². The number of rotatable bonds is 6. The Balaban J connectivity index is 1.58. The SMILES string of the molecule is CN(C)c1cc(NC(=O)Nc2ccc([N+](=O)O)cc2)c(O)c2c1C[C@H]1C[C@H]3[C@H](N(C)C)C(O)=C(C(N)=O)C(=O)[C@@]3(O)C(O)=C1C2=O. The Labute approximate surface area is 261 Å². The smallest absolute Gasteiger partial charge is 0.323 e. The number of aromatic hydroxyl groups is 1. The van der Waals surface area contributed by atoms with Gasteiger partial charge in [0.1, 0.15) is 17.1 Å². The van der Waals surface area contributed by atoms with Crippen molar-refractivity contribution in [1.29, 1.82) is 0 Å². The lowest BCUT2D eigenvalue weighted by Crippen LogP contribution is -2.63. The second kappa shape index (κ2) is 11.1. The second-order valence-electron chi connectivity index (χ2n) is 11.9. The monoisotopic (exact) mass is 637 g/mol. The van der Waals surface area contributed by atoms with Crippen molar-refractivity contribution in [2.24, 2.45) is 17.6 Å². The van der Waals surface area contributed by atoms with Gasteiger partial charge in [-0.05, 0) is 56.6 Å². The van der Waals surface area contributed by atoms with Crippen molar-refractivity contribution in [3.05, 3.63) is 69.0 Å². The van der Waals surface area contributed by atoms with Gasteiger partial charge in [0.2, 0.25) is 5.78 Å². The average Bonchev–Trinajstić information content (AvgIpc) is 2.96. The minimum atomic E-state index is -2.78. The predicted octanol–water partition coefficient (Wildman–Crippen LogP) is 1.63. The molecule has 3 amide bonds. The number of allylic oxidation sites excluding steroid dienone is 1. The van der Waals surface area contributed by atoms with E-state index in [0.29, 0.717) is 11.3 Å². The molecule has 242 valence electrons. The van der Waals surface area contributed by atoms with Gasteiger partial charge >= 0.3 is 11.7 Å². The van der Waals surface area contributed by atoms with Gasteiger partial charge < -0.3 is 41.7 Å². The number of ketones is 2. The Hall–Kier alpha value is -5.48. The van der Waals surface area contributed by atoms with Crippen LogP contribution < -0.4 is 21.3 Å². The minimum absolute atomic E-state index is 0.0655. The van der Waals surface area contributed by atoms with Crippen molar-refractivity contribution >= 4 is 46.3 Å². The Bertz CT molecular complexity index is 1780. The van der Waals surface area contributed by atoms with E-state index in [-0.39, 0.29) is 46.0 Å². The zero-order valence-electron chi connectivity index (χ0n) is 25.2. The number of carbonyl (C=O) groups excluding carboxylic acids is 4. The van der Waals surface area contributed by atoms with Crippen molar-refractivity contribution in [3.8, 4) is 5.75 Å². The number of fused-ring (bicyclic) bond motifs is 3. The number of nitrogens with zero attached hydrogens (tertiary/aromatic N) is 3. The van der Waals surface area contributed by atoms with Gasteiger partial charge in [-0.2, -0.15) is 0 Å². The summed E-state index contributed by atoms with van der Waals surface area (Å²) < 4.78 is 0. The molecule has 0 bridgehead atoms. The van der Waals surface area contributed by atoms with Gasteiger partial charge in [-0.15, -0.1) is 0 Å². The number of phenolic OH excluding ortho intramolecular Hbond substituents is 1. The fraction of sp³-hybridized carbons (Fsp3) is 0.333. The number of aliphatic hydroxyl groups excluding tert-OH is 2. The first kappa shape index (κ1) is 31.9. The zero-order chi connectivity index (χ0) is 34.0. The third kappa shape index (κ3) is 4.78. The molecule has 0 spiro atoms. The normalized spacial score (nSPS) is 23.8. The summed E-state index contributed by atoms with van der Waals surface area (Å²) in [5.74, 6) is -7.80. The van der Waals surface area contributed by atoms with Crippen molar-refractivity contribution in [2.45, 2.75) is 24.5 Å². The number of hydrogen-bond donors (Lipinski definition) is 8. The van der Waals surface area contributed by atoms with Gasteiger partial charge in [0, 0.05) is 49.1 Å². The van der Waals surface area contributed by atoms with Gasteiger partial charge in [-0.1, -0.05) is 0 Å². The molecule has 0 saturated carbocycles. The molecule has 16 nitrogen and oxygen atoms in total. The number of amides is 3. The third-order valence-corrected chi connectivity index (χ3v) is 8.78. The highest BCUT2D eigenvalue weighted by Gasteiger charge is 2.63. The van der Waals surface area contributed by atoms with E-state index in [0.717, 1.165) is 0 Å². The molecule has 0 saturated heterocycles. The topological polar surface area (TPSA) is 246 Å². The third-order valence-electron chi connectivity index (χ3n) is 8.78. The molecule has 2 aromatic carbocycles. The van der Waals surface area contributed by atoms with Gasteiger partial charge in [0.15, 0.2) is 17.1 Å². The lowest BCUT2D eigenvalue weighted by Gasteiger charge is -2.50. The summed E-state index contributed by atoms with van der Waals surface area (Å²) in [6.45, 7) is 0. The molecule has 2 aromatic rings. The number of phenols is 1. The molecule has 0 radical (unpaired) electrons. The Morgan fingerprint density at radius 1 is 1.04 bits per heavy atom. The van der Waals surface area contributed by atoms with Crippen molar-refractivity contribution in [1.82, 2.24) is 4.90 Å². The van der Waals surface area contributed by atoms with E-state index in [1.54, 1.807) is 33.1 Å². The van der Waals surface area contributed by atoms with Gasteiger partial charge in [-0.25, -0.2) is 10.0 Å². The number of urea groups is 1. The van der Waals surface area contributed by atoms with Crippen molar-refractivity contribution in [3.63, 3.8) is 0 Å². The lowest BCUT2D eigenvalue weighted by atomic mass is 9.58. The molecule has 3 aliphatic rings. The number of primary amides is 1. The van der Waals surface area contributed by atoms with E-state index in [1.807, 2.05) is 0 Å². The summed E-state index contributed by atoms with van der Waals surface area (Å²) in [5.41, 5.74) is 1.89. The predicted molar refractivity (Wildman–Crippen MR) is 162 cm³/mol. The van der Waals surface area contributed by atoms with Crippen LogP contribution in [0.25, 0.3) is 0 Å². The average molecular weight is 638 g/mol. The number of benzene rings is 2. The van der Waals surface area contributed by atoms with Gasteiger partial charge in [0.05, 0.1) is 22.2 Å². The molecule has 3 aliphatic carbocycles. The summed E-state index contributed by atoms with van der Waals surface area (Å²) >= 11 is 0. The summed E-state index contributed by atoms with van der Waals surface area (Å²) in [5, 5.41) is 59.5. The van der Waals surface area contributed by atoms with E-state index in [2.05, 4.69) is 10.6 Å². The van der Waals surface area contributed by atoms with Crippen LogP contribution in [-0.2, 0) is 16.0 Å². The standard InChI is InChI=1S/C30H32N6O10/c1-34(2)18-11-17(33-29(43)32-13-5-7-14(8-6-13)36(45)46)23(37)20-15(18)9-12-10-16-22(35(3)4)25(39)21(28(31)42)27(41)30(16,44)26(40)19(12)24(20)38/h5-8,11-12,16,22,44H,9-10H2,1-4H3,(H7-,31,32,33,37,38,39,40,41,42,43,45,46)/p+1/t12-,16-,22-,30-/m0/s1. The maximum atomic E-state index is 14.1. The number of nitrogens with two attached hydrogens (primary N) is 1. The Kier molecular flexibility index (Phi) is 7.74. The largest absolute Gasteiger partial charge is 0.510 e. The fourth-order valence-electron chi connectivity index (χ4n) is 6.75. The zero-order valence-corrected chi connectivity index (χ0v) is 25.2. The molecule has 0 fully saturated rings. The minimum Gasteiger partial charge on any atom is -0.510 e. The number of Topliss-reactive ketones (excluding diaryl/α,β-unsaturated/α-hetero) is 2. The molecule has 0 heterocycles. The van der Waals surface area contributed by atoms with Crippen LogP contribution in [0.5, 0.6) is 5.75 Å². The molecule has 5 rings (SSSR count). The van der Waals surface area contributed by atoms with E-state index in [1.165, 1.54) is 35.2 Å². The molecule has 0 aliphatic heterocycles. The first-order chi connectivity index (χ1) is 21.5. The van der Waals surface area contributed by atoms with Crippen LogP contribution in [0, 0.1) is 16.7 Å². The van der Waals surface area contributed by atoms with Crippen LogP contribution in [0.15, 0.2) is 53.0 Å². The highest BCUT2D eigenvalue weighted by atomic mass is 16.6. The maximum absolute atomic E-state index is 14.1. The molecule has 4 atom stereocenters. The molecule has 9 N–H and O–H groups in total. The number of aliphatic hydroxyl groups is 3. The van der Waals surface area contributed by atoms with Crippen molar-refractivity contribution < 1.29 is 49.7 Å². The van der Waals surface area contributed by atoms with Crippen LogP contribution in [-0.4, -0.2) is 98.8 Å². The molecule has 0 aromatic heterocycles. The Morgan fingerprint density at radius 2 is 1.67 bits per heavy atom. The number of anilines is 3. The van der Waals surface area contributed by atoms with Gasteiger partial charge in [-0.3, -0.25) is 19.3 Å². The molecule has 16 heteroatoms. The molecule has 46 heavy (non-hydrogen) atoms. The molecular weight excluding hydrogens is 604 g/mol. The lowest BCUT2D eigenvalue weighted by molar-refractivity contribution is -0.729.